The van der Waals surface area contributed by atoms with E-state index in [1.807, 2.05) is 30.3 Å². The van der Waals surface area contributed by atoms with Gasteiger partial charge in [0.25, 0.3) is 0 Å². The van der Waals surface area contributed by atoms with Crippen LogP contribution in [-0.4, -0.2) is 60.8 Å². The van der Waals surface area contributed by atoms with E-state index in [4.69, 9.17) is 5.73 Å². The van der Waals surface area contributed by atoms with Crippen molar-refractivity contribution >= 4 is 23.2 Å². The molecule has 2 fully saturated rings. The second-order valence-corrected chi connectivity index (χ2v) is 9.64. The molecule has 0 aromatic heterocycles. The van der Waals surface area contributed by atoms with Gasteiger partial charge in [-0.05, 0) is 41.2 Å². The Hall–Kier alpha value is -3.53. The van der Waals surface area contributed by atoms with E-state index < -0.39 is 76.7 Å². The van der Waals surface area contributed by atoms with Crippen LogP contribution in [0.4, 0.5) is 0 Å². The van der Waals surface area contributed by atoms with E-state index >= 15 is 0 Å². The van der Waals surface area contributed by atoms with E-state index in [2.05, 4.69) is 0 Å². The van der Waals surface area contributed by atoms with Gasteiger partial charge in [-0.2, -0.15) is 0 Å². The molecule has 3 aliphatic carbocycles. The molecule has 182 valence electrons. The van der Waals surface area contributed by atoms with Crippen LogP contribution in [0.5, 0.6) is 5.75 Å². The second kappa shape index (κ2) is 7.74. The van der Waals surface area contributed by atoms with E-state index in [-0.39, 0.29) is 11.3 Å². The minimum absolute atomic E-state index is 0.0271. The van der Waals surface area contributed by atoms with Crippen molar-refractivity contribution in [3.05, 3.63) is 59.2 Å². The van der Waals surface area contributed by atoms with Gasteiger partial charge in [-0.3, -0.25) is 14.4 Å². The Kier molecular flexibility index (Phi) is 5.14. The second-order valence-electron chi connectivity index (χ2n) is 9.64. The summed E-state index contributed by atoms with van der Waals surface area (Å²) in [7, 11) is 0. The maximum absolute atomic E-state index is 13.6. The molecule has 2 aromatic rings. The van der Waals surface area contributed by atoms with E-state index in [1.54, 1.807) is 13.0 Å². The lowest BCUT2D eigenvalue weighted by Gasteiger charge is -2.52. The Balaban J connectivity index is 1.70. The first-order chi connectivity index (χ1) is 16.5. The van der Waals surface area contributed by atoms with Crippen LogP contribution in [0.15, 0.2) is 48.0 Å². The average Bonchev–Trinajstić information content (AvgIpc) is 2.81. The zero-order valence-electron chi connectivity index (χ0n) is 18.8. The number of hydrogen-bond acceptors (Lipinski definition) is 8. The van der Waals surface area contributed by atoms with Crippen LogP contribution in [0.2, 0.25) is 0 Å². The van der Waals surface area contributed by atoms with Gasteiger partial charge in [0.1, 0.15) is 17.4 Å². The minimum atomic E-state index is -2.85. The van der Waals surface area contributed by atoms with Crippen molar-refractivity contribution < 1.29 is 39.9 Å². The van der Waals surface area contributed by atoms with Crippen molar-refractivity contribution in [2.24, 2.45) is 23.5 Å². The molecule has 2 unspecified atom stereocenters. The standard InChI is InChI=1S/C26H25NO8/c1-10-13-7-12(11-5-3-2-4-6-11)8-15(28)18(13)22(31)20-17(10)21(30)14-9-16(29)19(25(27)34)23(32)26(14,35)24(20)33/h2-8,10,14,16-17,19,21,28-31,35H,9H2,1H3,(H2,27,34)/t10-,14+,16?,17+,19?,21+,26+/m0/s1. The molecule has 0 bridgehead atoms. The summed E-state index contributed by atoms with van der Waals surface area (Å²) < 4.78 is 0. The number of carbonyl (C=O) groups is 3. The van der Waals surface area contributed by atoms with E-state index in [0.717, 1.165) is 5.56 Å². The fourth-order valence-corrected chi connectivity index (χ4v) is 6.13. The quantitative estimate of drug-likeness (QED) is 0.342. The van der Waals surface area contributed by atoms with Gasteiger partial charge in [0.2, 0.25) is 11.7 Å². The number of phenolic OH excluding ortho intramolecular Hbond substituents is 1. The molecule has 1 amide bonds. The Morgan fingerprint density at radius 2 is 1.71 bits per heavy atom. The van der Waals surface area contributed by atoms with Crippen molar-refractivity contribution in [1.29, 1.82) is 0 Å². The number of Topliss-reactive ketones (excluding diaryl/α,β-unsaturated/α-hetero) is 2. The molecule has 2 aromatic carbocycles. The van der Waals surface area contributed by atoms with Crippen LogP contribution in [0.25, 0.3) is 16.9 Å². The van der Waals surface area contributed by atoms with Gasteiger partial charge in [-0.25, -0.2) is 0 Å². The summed E-state index contributed by atoms with van der Waals surface area (Å²) >= 11 is 0. The third-order valence-electron chi connectivity index (χ3n) is 7.86. The fourth-order valence-electron chi connectivity index (χ4n) is 6.13. The summed E-state index contributed by atoms with van der Waals surface area (Å²) in [5.74, 6) is -9.53. The van der Waals surface area contributed by atoms with Crippen molar-refractivity contribution in [3.63, 3.8) is 0 Å². The third-order valence-corrected chi connectivity index (χ3v) is 7.86. The van der Waals surface area contributed by atoms with Gasteiger partial charge in [0.05, 0.1) is 17.8 Å². The van der Waals surface area contributed by atoms with Crippen molar-refractivity contribution in [2.75, 3.05) is 0 Å². The number of primary amides is 1. The molecule has 2 saturated carbocycles. The molecular weight excluding hydrogens is 454 g/mol. The number of benzene rings is 2. The van der Waals surface area contributed by atoms with Gasteiger partial charge >= 0.3 is 0 Å². The van der Waals surface area contributed by atoms with Gasteiger partial charge < -0.3 is 31.3 Å². The molecule has 0 radical (unpaired) electrons. The van der Waals surface area contributed by atoms with Crippen LogP contribution in [0.1, 0.15) is 30.4 Å². The number of aromatic hydroxyl groups is 1. The predicted octanol–water partition coefficient (Wildman–Crippen LogP) is 0.788. The molecule has 5 rings (SSSR count). The number of nitrogens with two attached hydrogens (primary N) is 1. The van der Waals surface area contributed by atoms with Crippen LogP contribution < -0.4 is 5.73 Å². The van der Waals surface area contributed by atoms with Crippen LogP contribution in [0.3, 0.4) is 0 Å². The summed E-state index contributed by atoms with van der Waals surface area (Å²) in [4.78, 5) is 38.5. The first-order valence-electron chi connectivity index (χ1n) is 11.3. The largest absolute Gasteiger partial charge is 0.507 e. The average molecular weight is 479 g/mol. The summed E-state index contributed by atoms with van der Waals surface area (Å²) in [6.07, 6.45) is -3.51. The Bertz CT molecular complexity index is 1300. The van der Waals surface area contributed by atoms with Gasteiger partial charge in [-0.15, -0.1) is 0 Å². The topological polar surface area (TPSA) is 178 Å². The van der Waals surface area contributed by atoms with Crippen LogP contribution in [-0.2, 0) is 14.4 Å². The summed E-state index contributed by atoms with van der Waals surface area (Å²) in [6, 6.07) is 12.4. The Morgan fingerprint density at radius 1 is 1.06 bits per heavy atom. The van der Waals surface area contributed by atoms with E-state index in [0.29, 0.717) is 11.1 Å². The molecule has 35 heavy (non-hydrogen) atoms. The number of amides is 1. The number of rotatable bonds is 2. The Morgan fingerprint density at radius 3 is 2.34 bits per heavy atom. The van der Waals surface area contributed by atoms with Crippen LogP contribution >= 0.6 is 0 Å². The lowest BCUT2D eigenvalue weighted by molar-refractivity contribution is -0.186. The summed E-state index contributed by atoms with van der Waals surface area (Å²) in [5, 5.41) is 55.0. The number of aliphatic hydroxyl groups excluding tert-OH is 3. The summed E-state index contributed by atoms with van der Waals surface area (Å²) in [5.41, 5.74) is 3.90. The number of ketones is 2. The molecule has 7 atom stereocenters. The number of phenols is 1. The predicted molar refractivity (Wildman–Crippen MR) is 123 cm³/mol. The van der Waals surface area contributed by atoms with E-state index in [1.165, 1.54) is 6.07 Å². The molecule has 0 spiro atoms. The number of fused-ring (bicyclic) bond motifs is 3. The normalized spacial score (nSPS) is 34.2. The molecule has 7 N–H and O–H groups in total. The fraction of sp³-hybridized carbons (Fsp3) is 0.346. The molecular formula is C26H25NO8. The highest BCUT2D eigenvalue weighted by atomic mass is 16.3. The SMILES string of the molecule is C[C@H]1c2cc(-c3ccccc3)cc(O)c2C(O)=C2C(=O)[C@]3(O)C(=O)C(C(N)=O)C(O)C[C@@H]3[C@@H](O)[C@@H]21. The van der Waals surface area contributed by atoms with Gasteiger partial charge in [-0.1, -0.05) is 37.3 Å². The molecule has 0 aliphatic heterocycles. The van der Waals surface area contributed by atoms with Crippen molar-refractivity contribution in [2.45, 2.75) is 37.1 Å². The molecule has 0 saturated heterocycles. The zero-order valence-corrected chi connectivity index (χ0v) is 18.8. The maximum atomic E-state index is 13.6. The molecule has 0 heterocycles. The first-order valence-corrected chi connectivity index (χ1v) is 11.3. The highest BCUT2D eigenvalue weighted by Crippen LogP contribution is 2.55. The van der Waals surface area contributed by atoms with Crippen molar-refractivity contribution in [1.82, 2.24) is 0 Å². The van der Waals surface area contributed by atoms with Crippen molar-refractivity contribution in [3.8, 4) is 16.9 Å². The third kappa shape index (κ3) is 3.02. The number of carbonyl (C=O) groups excluding carboxylic acids is 3. The Labute approximate surface area is 200 Å². The lowest BCUT2D eigenvalue weighted by Crippen LogP contribution is -2.70. The van der Waals surface area contributed by atoms with Gasteiger partial charge in [0.15, 0.2) is 11.4 Å². The summed E-state index contributed by atoms with van der Waals surface area (Å²) in [6.45, 7) is 1.71. The highest BCUT2D eigenvalue weighted by Gasteiger charge is 2.67. The lowest BCUT2D eigenvalue weighted by atomic mass is 9.53. The monoisotopic (exact) mass is 479 g/mol. The molecule has 9 heteroatoms. The number of aliphatic hydroxyl groups is 4. The minimum Gasteiger partial charge on any atom is -0.507 e. The van der Waals surface area contributed by atoms with E-state index in [9.17, 15) is 39.9 Å². The molecule has 9 nitrogen and oxygen atoms in total. The maximum Gasteiger partial charge on any atom is 0.230 e. The highest BCUT2D eigenvalue weighted by molar-refractivity contribution is 6.25. The first kappa shape index (κ1) is 23.2. The van der Waals surface area contributed by atoms with Gasteiger partial charge in [0, 0.05) is 17.4 Å². The molecule has 3 aliphatic rings. The number of hydrogen-bond donors (Lipinski definition) is 6. The smallest absolute Gasteiger partial charge is 0.230 e. The zero-order chi connectivity index (χ0) is 25.4. The van der Waals surface area contributed by atoms with Crippen LogP contribution in [0, 0.1) is 17.8 Å².